The Morgan fingerprint density at radius 2 is 1.86 bits per heavy atom. The van der Waals surface area contributed by atoms with Crippen molar-refractivity contribution >= 4 is 18.6 Å². The van der Waals surface area contributed by atoms with Crippen molar-refractivity contribution in [3.05, 3.63) is 41.5 Å². The fourth-order valence-electron chi connectivity index (χ4n) is 2.17. The molecule has 0 aliphatic heterocycles. The van der Waals surface area contributed by atoms with Crippen molar-refractivity contribution in [1.29, 1.82) is 0 Å². The highest BCUT2D eigenvalue weighted by molar-refractivity contribution is 7.79. The minimum atomic E-state index is -0.313. The quantitative estimate of drug-likeness (QED) is 0.642. The number of hydrogen-bond acceptors (Lipinski definition) is 4. The van der Waals surface area contributed by atoms with Crippen LogP contribution in [0.3, 0.4) is 0 Å². The number of carbonyl (C=O) groups is 1. The minimum Gasteiger partial charge on any atom is -0.493 e. The summed E-state index contributed by atoms with van der Waals surface area (Å²) in [5, 5.41) is 0. The topological polar surface area (TPSA) is 35.5 Å². The third kappa shape index (κ3) is 3.50. The third-order valence-electron chi connectivity index (χ3n) is 3.19. The van der Waals surface area contributed by atoms with E-state index in [1.54, 1.807) is 13.0 Å². The molecule has 0 amide bonds. The molecule has 0 spiro atoms. The summed E-state index contributed by atoms with van der Waals surface area (Å²) >= 11 is 4.29. The van der Waals surface area contributed by atoms with Gasteiger partial charge in [-0.15, -0.1) is 0 Å². The normalized spacial score (nSPS) is 10.6. The number of carbonyl (C=O) groups excluding carboxylic acids is 1. The molecule has 2 aliphatic carbocycles. The second kappa shape index (κ2) is 7.36. The van der Waals surface area contributed by atoms with Crippen LogP contribution in [0.15, 0.2) is 30.3 Å². The number of rotatable bonds is 6. The van der Waals surface area contributed by atoms with Crippen molar-refractivity contribution in [2.24, 2.45) is 0 Å². The van der Waals surface area contributed by atoms with Gasteiger partial charge < -0.3 is 9.47 Å². The number of fused-ring (bicyclic) bond motifs is 1. The molecule has 0 fully saturated rings. The van der Waals surface area contributed by atoms with Gasteiger partial charge in [0.2, 0.25) is 0 Å². The molecule has 21 heavy (non-hydrogen) atoms. The zero-order valence-electron chi connectivity index (χ0n) is 12.4. The van der Waals surface area contributed by atoms with E-state index in [1.807, 2.05) is 24.3 Å². The van der Waals surface area contributed by atoms with Gasteiger partial charge in [0.1, 0.15) is 5.75 Å². The SMILES string of the molecule is CCCOc1cc(C(=O)OCC)c2ccc(CS)ccc1-2. The van der Waals surface area contributed by atoms with E-state index in [1.165, 1.54) is 0 Å². The standard InChI is InChI=1S/C17H20O3S/c1-3-9-20-16-10-15(17(18)19-4-2)13-7-5-12(11-21)6-8-14(13)16/h5-8,10,21H,3-4,9,11H2,1-2H3. The van der Waals surface area contributed by atoms with Crippen LogP contribution in [-0.2, 0) is 10.5 Å². The average molecular weight is 304 g/mol. The van der Waals surface area contributed by atoms with Crippen molar-refractivity contribution in [3.8, 4) is 16.9 Å². The first kappa shape index (κ1) is 15.7. The molecule has 3 nitrogen and oxygen atoms in total. The van der Waals surface area contributed by atoms with E-state index in [9.17, 15) is 4.79 Å². The first-order chi connectivity index (χ1) is 10.2. The first-order valence-corrected chi connectivity index (χ1v) is 7.80. The Morgan fingerprint density at radius 3 is 2.48 bits per heavy atom. The summed E-state index contributed by atoms with van der Waals surface area (Å²) in [4.78, 5) is 12.1. The first-order valence-electron chi connectivity index (χ1n) is 7.17. The maximum Gasteiger partial charge on any atom is 0.338 e. The highest BCUT2D eigenvalue weighted by Crippen LogP contribution is 2.38. The second-order valence-corrected chi connectivity index (χ2v) is 5.03. The summed E-state index contributed by atoms with van der Waals surface area (Å²) in [5.41, 5.74) is 3.43. The molecule has 0 atom stereocenters. The lowest BCUT2D eigenvalue weighted by Gasteiger charge is -2.03. The minimum absolute atomic E-state index is 0.313. The number of thiol groups is 1. The molecule has 0 heterocycles. The highest BCUT2D eigenvalue weighted by Gasteiger charge is 2.21. The maximum absolute atomic E-state index is 12.1. The summed E-state index contributed by atoms with van der Waals surface area (Å²) in [6.07, 6.45) is 0.919. The van der Waals surface area contributed by atoms with E-state index in [2.05, 4.69) is 19.6 Å². The molecule has 0 N–H and O–H groups in total. The number of hydrogen-bond donors (Lipinski definition) is 1. The molecule has 0 aromatic carbocycles. The summed E-state index contributed by atoms with van der Waals surface area (Å²) in [6, 6.07) is 9.67. The van der Waals surface area contributed by atoms with Crippen LogP contribution < -0.4 is 4.74 Å². The lowest BCUT2D eigenvalue weighted by Crippen LogP contribution is -2.03. The zero-order chi connectivity index (χ0) is 15.2. The molecule has 4 heteroatoms. The molecule has 0 aromatic heterocycles. The van der Waals surface area contributed by atoms with Gasteiger partial charge in [0.05, 0.1) is 18.8 Å². The summed E-state index contributed by atoms with van der Waals surface area (Å²) in [5.74, 6) is 1.07. The highest BCUT2D eigenvalue weighted by atomic mass is 32.1. The van der Waals surface area contributed by atoms with Crippen molar-refractivity contribution in [2.45, 2.75) is 26.0 Å². The van der Waals surface area contributed by atoms with Crippen LogP contribution >= 0.6 is 12.6 Å². The summed E-state index contributed by atoms with van der Waals surface area (Å²) in [6.45, 7) is 4.84. The van der Waals surface area contributed by atoms with Gasteiger partial charge in [-0.25, -0.2) is 4.79 Å². The monoisotopic (exact) mass is 304 g/mol. The summed E-state index contributed by atoms with van der Waals surface area (Å²) < 4.78 is 10.9. The molecule has 2 aliphatic rings. The molecule has 0 saturated heterocycles. The fourth-order valence-corrected chi connectivity index (χ4v) is 2.38. The lowest BCUT2D eigenvalue weighted by atomic mass is 10.1. The Labute approximate surface area is 131 Å². The van der Waals surface area contributed by atoms with Crippen LogP contribution in [0.4, 0.5) is 0 Å². The van der Waals surface area contributed by atoms with Crippen molar-refractivity contribution in [1.82, 2.24) is 0 Å². The van der Waals surface area contributed by atoms with E-state index in [0.717, 1.165) is 28.9 Å². The Bertz CT molecular complexity index is 595. The van der Waals surface area contributed by atoms with E-state index >= 15 is 0 Å². The van der Waals surface area contributed by atoms with Crippen molar-refractivity contribution in [2.75, 3.05) is 13.2 Å². The molecular weight excluding hydrogens is 284 g/mol. The Balaban J connectivity index is 2.50. The largest absolute Gasteiger partial charge is 0.493 e. The fraction of sp³-hybridized carbons (Fsp3) is 0.353. The van der Waals surface area contributed by atoms with E-state index in [4.69, 9.17) is 9.47 Å². The molecule has 0 radical (unpaired) electrons. The number of esters is 1. The van der Waals surface area contributed by atoms with Gasteiger partial charge in [-0.1, -0.05) is 31.2 Å². The molecule has 2 rings (SSSR count). The number of ether oxygens (including phenoxy) is 2. The zero-order valence-corrected chi connectivity index (χ0v) is 13.3. The second-order valence-electron chi connectivity index (χ2n) is 4.72. The Morgan fingerprint density at radius 1 is 1.14 bits per heavy atom. The van der Waals surface area contributed by atoms with Crippen LogP contribution in [0.5, 0.6) is 5.75 Å². The van der Waals surface area contributed by atoms with Gasteiger partial charge in [-0.3, -0.25) is 0 Å². The van der Waals surface area contributed by atoms with E-state index in [0.29, 0.717) is 24.5 Å². The molecule has 0 aromatic rings. The molecule has 0 saturated carbocycles. The van der Waals surface area contributed by atoms with Crippen LogP contribution in [0.1, 0.15) is 36.2 Å². The van der Waals surface area contributed by atoms with Gasteiger partial charge in [-0.2, -0.15) is 12.6 Å². The van der Waals surface area contributed by atoms with Crippen molar-refractivity contribution < 1.29 is 14.3 Å². The Hall–Kier alpha value is -1.68. The van der Waals surface area contributed by atoms with Crippen molar-refractivity contribution in [3.63, 3.8) is 0 Å². The maximum atomic E-state index is 12.1. The van der Waals surface area contributed by atoms with Crippen LogP contribution in [-0.4, -0.2) is 19.2 Å². The van der Waals surface area contributed by atoms with Gasteiger partial charge in [0.15, 0.2) is 0 Å². The predicted octanol–water partition coefficient (Wildman–Crippen LogP) is 4.19. The van der Waals surface area contributed by atoms with Gasteiger partial charge in [0.25, 0.3) is 0 Å². The van der Waals surface area contributed by atoms with Gasteiger partial charge >= 0.3 is 5.97 Å². The van der Waals surface area contributed by atoms with Crippen LogP contribution in [0, 0.1) is 0 Å². The Kier molecular flexibility index (Phi) is 5.51. The molecule has 0 unspecified atom stereocenters. The third-order valence-corrected chi connectivity index (χ3v) is 3.55. The van der Waals surface area contributed by atoms with Gasteiger partial charge in [-0.05, 0) is 25.0 Å². The van der Waals surface area contributed by atoms with Crippen LogP contribution in [0.25, 0.3) is 11.1 Å². The molecule has 112 valence electrons. The predicted molar refractivity (Wildman–Crippen MR) is 87.5 cm³/mol. The van der Waals surface area contributed by atoms with Gasteiger partial charge in [0, 0.05) is 16.9 Å². The van der Waals surface area contributed by atoms with Crippen LogP contribution in [0.2, 0.25) is 0 Å². The average Bonchev–Trinajstić information content (AvgIpc) is 2.69. The molecular formula is C17H20O3S. The molecule has 0 bridgehead atoms. The van der Waals surface area contributed by atoms with E-state index < -0.39 is 0 Å². The smallest absolute Gasteiger partial charge is 0.338 e. The van der Waals surface area contributed by atoms with E-state index in [-0.39, 0.29) is 5.97 Å². The lowest BCUT2D eigenvalue weighted by molar-refractivity contribution is 0.0527. The summed E-state index contributed by atoms with van der Waals surface area (Å²) in [7, 11) is 0.